The van der Waals surface area contributed by atoms with Crippen molar-refractivity contribution in [2.45, 2.75) is 23.5 Å². The van der Waals surface area contributed by atoms with Gasteiger partial charge in [-0.05, 0) is 34.7 Å². The second kappa shape index (κ2) is 6.59. The van der Waals surface area contributed by atoms with Crippen LogP contribution in [0.15, 0.2) is 18.2 Å². The molecule has 0 aliphatic carbocycles. The van der Waals surface area contributed by atoms with Gasteiger partial charge in [-0.1, -0.05) is 6.07 Å². The minimum absolute atomic E-state index is 0.0129. The third kappa shape index (κ3) is 4.12. The van der Waals surface area contributed by atoms with Crippen LogP contribution < -0.4 is 4.72 Å². The number of anilines is 1. The number of nitrogens with one attached hydrogen (secondary N) is 1. The molecule has 138 valence electrons. The van der Waals surface area contributed by atoms with Crippen LogP contribution in [0.4, 0.5) is 49.6 Å². The minimum Gasteiger partial charge on any atom is -0.586 e. The van der Waals surface area contributed by atoms with Crippen molar-refractivity contribution in [3.63, 3.8) is 0 Å². The second-order valence-electron chi connectivity index (χ2n) is 4.17. The number of hydrogen-bond acceptors (Lipinski definition) is 2. The highest BCUT2D eigenvalue weighted by Crippen LogP contribution is 2.53. The maximum atomic E-state index is 13.8. The number of alkyl halides is 10. The highest BCUT2D eigenvalue weighted by molar-refractivity contribution is 14.1. The van der Waals surface area contributed by atoms with E-state index in [1.54, 1.807) is 0 Å². The maximum Gasteiger partial charge on any atom is 0.598 e. The molecule has 24 heavy (non-hydrogen) atoms. The van der Waals surface area contributed by atoms with Gasteiger partial charge in [0.2, 0.25) is 0 Å². The van der Waals surface area contributed by atoms with Gasteiger partial charge in [-0.15, -0.1) is 13.2 Å². The van der Waals surface area contributed by atoms with Gasteiger partial charge in [-0.25, -0.2) is 4.39 Å². The van der Waals surface area contributed by atoms with Crippen molar-refractivity contribution >= 4 is 39.6 Å². The molecule has 0 spiro atoms. The Hall–Kier alpha value is -0.640. The van der Waals surface area contributed by atoms with Gasteiger partial charge in [0.1, 0.15) is 0 Å². The summed E-state index contributed by atoms with van der Waals surface area (Å²) in [7, 11) is 0. The Kier molecular flexibility index (Phi) is 5.87. The van der Waals surface area contributed by atoms with E-state index >= 15 is 0 Å². The Labute approximate surface area is 144 Å². The molecular weight excluding hydrogens is 499 g/mol. The van der Waals surface area contributed by atoms with E-state index in [4.69, 9.17) is 0 Å². The molecule has 14 heteroatoms. The Bertz CT molecular complexity index is 585. The molecule has 1 N–H and O–H groups in total. The number of hydrogen-bond donors (Lipinski definition) is 1. The molecule has 0 radical (unpaired) electrons. The molecule has 0 aliphatic heterocycles. The van der Waals surface area contributed by atoms with Crippen molar-refractivity contribution in [3.05, 3.63) is 27.3 Å². The van der Waals surface area contributed by atoms with Gasteiger partial charge in [-0.3, -0.25) is 0 Å². The fourth-order valence-corrected chi connectivity index (χ4v) is 2.78. The van der Waals surface area contributed by atoms with Crippen molar-refractivity contribution in [1.29, 1.82) is 0 Å². The fraction of sp³-hybridized carbons (Fsp3) is 0.400. The minimum atomic E-state index is -6.35. The van der Waals surface area contributed by atoms with Gasteiger partial charge in [0.05, 0.1) is 5.69 Å². The lowest BCUT2D eigenvalue weighted by atomic mass is 9.94. The molecule has 0 aromatic heterocycles. The zero-order chi connectivity index (χ0) is 19.1. The molecule has 0 aliphatic rings. The first-order chi connectivity index (χ1) is 10.5. The summed E-state index contributed by atoms with van der Waals surface area (Å²) in [5.74, 6) is 0. The van der Waals surface area contributed by atoms with Crippen LogP contribution in [0.5, 0.6) is 0 Å². The molecule has 0 bridgehead atoms. The molecule has 1 atom stereocenters. The van der Waals surface area contributed by atoms with Crippen molar-refractivity contribution in [1.82, 2.24) is 0 Å². The molecule has 1 rings (SSSR count). The Morgan fingerprint density at radius 2 is 1.33 bits per heavy atom. The average Bonchev–Trinajstić information content (AvgIpc) is 2.36. The van der Waals surface area contributed by atoms with Crippen LogP contribution in [-0.4, -0.2) is 22.4 Å². The summed E-state index contributed by atoms with van der Waals surface area (Å²) in [6.45, 7) is 0. The smallest absolute Gasteiger partial charge is 0.586 e. The first-order valence-corrected chi connectivity index (χ1v) is 7.62. The summed E-state index contributed by atoms with van der Waals surface area (Å²) in [4.78, 5) is 0. The Morgan fingerprint density at radius 3 is 1.67 bits per heavy atom. The third-order valence-electron chi connectivity index (χ3n) is 2.56. The topological polar surface area (TPSA) is 35.1 Å². The maximum absolute atomic E-state index is 13.8. The first-order valence-electron chi connectivity index (χ1n) is 5.39. The van der Waals surface area contributed by atoms with Crippen LogP contribution in [0, 0.1) is 3.57 Å². The van der Waals surface area contributed by atoms with Gasteiger partial charge < -0.3 is 4.55 Å². The molecule has 0 saturated carbocycles. The molecule has 0 fully saturated rings. The molecule has 1 unspecified atom stereocenters. The standard InChI is InChI=1S/C10H4F10INOS/c11-7(8(12,13)14,9(15,16)17)4-1-2-6(5(21)3-4)22-24(23)10(18,19)20/h1-3,22H. The monoisotopic (exact) mass is 503 g/mol. The van der Waals surface area contributed by atoms with Gasteiger partial charge in [-0.2, -0.15) is 31.1 Å². The van der Waals surface area contributed by atoms with Crippen LogP contribution in [-0.2, 0) is 17.0 Å². The van der Waals surface area contributed by atoms with Gasteiger partial charge >= 0.3 is 23.5 Å². The zero-order valence-electron chi connectivity index (χ0n) is 10.7. The molecule has 0 saturated heterocycles. The summed E-state index contributed by atoms with van der Waals surface area (Å²) >= 11 is -2.58. The summed E-state index contributed by atoms with van der Waals surface area (Å²) in [6, 6.07) is 0.420. The van der Waals surface area contributed by atoms with E-state index in [9.17, 15) is 48.5 Å². The first kappa shape index (κ1) is 21.4. The number of benzene rings is 1. The summed E-state index contributed by atoms with van der Waals surface area (Å²) in [6.07, 6.45) is -12.7. The van der Waals surface area contributed by atoms with E-state index in [0.717, 1.165) is 22.6 Å². The molecule has 0 heterocycles. The quantitative estimate of drug-likeness (QED) is 0.351. The van der Waals surface area contributed by atoms with Crippen LogP contribution in [0.3, 0.4) is 0 Å². The summed E-state index contributed by atoms with van der Waals surface area (Å²) < 4.78 is 137. The van der Waals surface area contributed by atoms with Crippen LogP contribution in [0.1, 0.15) is 5.56 Å². The normalized spacial score (nSPS) is 15.3. The molecule has 1 aromatic rings. The largest absolute Gasteiger partial charge is 0.598 e. The van der Waals surface area contributed by atoms with Crippen LogP contribution in [0.2, 0.25) is 0 Å². The SMILES string of the molecule is [O-][S+](Nc1ccc(C(F)(C(F)(F)F)C(F)(F)F)cc1I)C(F)(F)F. The Balaban J connectivity index is 3.32. The fourth-order valence-electron chi connectivity index (χ4n) is 1.46. The van der Waals surface area contributed by atoms with Crippen molar-refractivity contribution < 1.29 is 48.5 Å². The van der Waals surface area contributed by atoms with E-state index < -0.39 is 49.7 Å². The summed E-state index contributed by atoms with van der Waals surface area (Å²) in [5.41, 5.74) is -13.5. The Morgan fingerprint density at radius 1 is 0.875 bits per heavy atom. The lowest BCUT2D eigenvalue weighted by molar-refractivity contribution is -0.348. The summed E-state index contributed by atoms with van der Waals surface area (Å²) in [5, 5.41) is 0. The van der Waals surface area contributed by atoms with Crippen molar-refractivity contribution in [3.8, 4) is 0 Å². The predicted octanol–water partition coefficient (Wildman–Crippen LogP) is 5.18. The van der Waals surface area contributed by atoms with Gasteiger partial charge in [0, 0.05) is 9.13 Å². The van der Waals surface area contributed by atoms with E-state index in [0.29, 0.717) is 6.07 Å². The van der Waals surface area contributed by atoms with Gasteiger partial charge in [0.15, 0.2) is 11.4 Å². The van der Waals surface area contributed by atoms with E-state index in [1.807, 2.05) is 0 Å². The van der Waals surface area contributed by atoms with E-state index in [-0.39, 0.29) is 12.1 Å². The third-order valence-corrected chi connectivity index (χ3v) is 4.28. The van der Waals surface area contributed by atoms with Crippen LogP contribution in [0.25, 0.3) is 0 Å². The highest BCUT2D eigenvalue weighted by Gasteiger charge is 2.73. The number of rotatable bonds is 3. The van der Waals surface area contributed by atoms with Crippen molar-refractivity contribution in [2.24, 2.45) is 0 Å². The molecule has 0 amide bonds. The van der Waals surface area contributed by atoms with E-state index in [2.05, 4.69) is 0 Å². The van der Waals surface area contributed by atoms with E-state index in [1.165, 1.54) is 4.72 Å². The lowest BCUT2D eigenvalue weighted by Crippen LogP contribution is -2.50. The second-order valence-corrected chi connectivity index (χ2v) is 6.53. The van der Waals surface area contributed by atoms with Crippen molar-refractivity contribution in [2.75, 3.05) is 4.72 Å². The van der Waals surface area contributed by atoms with Crippen LogP contribution >= 0.6 is 22.6 Å². The number of halogens is 11. The van der Waals surface area contributed by atoms with Gasteiger partial charge in [0.25, 0.3) is 0 Å². The highest BCUT2D eigenvalue weighted by atomic mass is 127. The lowest BCUT2D eigenvalue weighted by Gasteiger charge is -2.30. The molecular formula is C10H4F10INOS. The molecule has 1 aromatic carbocycles. The molecule has 2 nitrogen and oxygen atoms in total. The predicted molar refractivity (Wildman–Crippen MR) is 71.9 cm³/mol. The zero-order valence-corrected chi connectivity index (χ0v) is 13.7. The average molecular weight is 503 g/mol.